The summed E-state index contributed by atoms with van der Waals surface area (Å²) >= 11 is 6.38. The number of imidazole rings is 1. The van der Waals surface area contributed by atoms with Crippen LogP contribution in [0.1, 0.15) is 59.3 Å². The average molecular weight is 576 g/mol. The number of rotatable bonds is 9. The molecule has 1 amide bonds. The maximum Gasteiger partial charge on any atom is 0.272 e. The number of halogens is 2. The summed E-state index contributed by atoms with van der Waals surface area (Å²) in [5.74, 6) is -0.223. The van der Waals surface area contributed by atoms with Crippen molar-refractivity contribution in [3.63, 3.8) is 0 Å². The lowest BCUT2D eigenvalue weighted by Gasteiger charge is -2.40. The van der Waals surface area contributed by atoms with Gasteiger partial charge in [-0.15, -0.1) is 0 Å². The molecule has 0 spiro atoms. The van der Waals surface area contributed by atoms with Crippen molar-refractivity contribution in [2.45, 2.75) is 51.6 Å². The number of nitriles is 1. The van der Waals surface area contributed by atoms with E-state index in [4.69, 9.17) is 11.6 Å². The second-order valence-electron chi connectivity index (χ2n) is 10.3. The van der Waals surface area contributed by atoms with Crippen LogP contribution in [-0.4, -0.2) is 61.5 Å². The van der Waals surface area contributed by atoms with Gasteiger partial charge in [0.25, 0.3) is 11.5 Å². The van der Waals surface area contributed by atoms with E-state index in [1.807, 2.05) is 12.1 Å². The molecule has 1 aliphatic heterocycles. The van der Waals surface area contributed by atoms with Crippen LogP contribution in [0.2, 0.25) is 5.15 Å². The zero-order valence-corrected chi connectivity index (χ0v) is 23.5. The van der Waals surface area contributed by atoms with Crippen LogP contribution in [0, 0.1) is 17.1 Å². The van der Waals surface area contributed by atoms with Gasteiger partial charge in [0, 0.05) is 44.4 Å². The van der Waals surface area contributed by atoms with Crippen LogP contribution < -0.4 is 5.56 Å². The van der Waals surface area contributed by atoms with E-state index in [-0.39, 0.29) is 17.5 Å². The number of piperazine rings is 1. The highest BCUT2D eigenvalue weighted by atomic mass is 35.5. The SMILES string of the molecule is CCCCc1nc(Cl)c(CN2CCN(C(=O)c3cc(Cc4n[nH]c(=O)c5ccccc45)ccc3F)[C@H](CC#N)C2)[nH]1. The molecule has 0 bridgehead atoms. The Morgan fingerprint density at radius 2 is 2.02 bits per heavy atom. The first kappa shape index (κ1) is 28.5. The molecule has 212 valence electrons. The molecule has 3 heterocycles. The number of H-pyrrole nitrogens is 2. The van der Waals surface area contributed by atoms with Gasteiger partial charge in [0.05, 0.1) is 40.9 Å². The van der Waals surface area contributed by atoms with Crippen LogP contribution in [0.4, 0.5) is 4.39 Å². The lowest BCUT2D eigenvalue weighted by atomic mass is 10.0. The van der Waals surface area contributed by atoms with E-state index < -0.39 is 17.8 Å². The third-order valence-electron chi connectivity index (χ3n) is 7.49. The predicted molar refractivity (Wildman–Crippen MR) is 154 cm³/mol. The quantitative estimate of drug-likeness (QED) is 0.300. The van der Waals surface area contributed by atoms with E-state index in [2.05, 4.69) is 38.1 Å². The molecule has 2 aromatic carbocycles. The van der Waals surface area contributed by atoms with E-state index in [1.165, 1.54) is 12.1 Å². The van der Waals surface area contributed by atoms with Gasteiger partial charge in [-0.1, -0.05) is 49.2 Å². The Kier molecular flexibility index (Phi) is 8.76. The summed E-state index contributed by atoms with van der Waals surface area (Å²) < 4.78 is 15.0. The van der Waals surface area contributed by atoms with Gasteiger partial charge in [0.1, 0.15) is 11.6 Å². The minimum atomic E-state index is -0.625. The summed E-state index contributed by atoms with van der Waals surface area (Å²) in [6.45, 7) is 3.98. The molecule has 41 heavy (non-hydrogen) atoms. The highest BCUT2D eigenvalue weighted by Gasteiger charge is 2.32. The number of hydrogen-bond donors (Lipinski definition) is 2. The summed E-state index contributed by atoms with van der Waals surface area (Å²) in [6, 6.07) is 13.3. The van der Waals surface area contributed by atoms with Crippen LogP contribution >= 0.6 is 11.6 Å². The fourth-order valence-electron chi connectivity index (χ4n) is 5.34. The second kappa shape index (κ2) is 12.6. The highest BCUT2D eigenvalue weighted by Crippen LogP contribution is 2.24. The molecular weight excluding hydrogens is 545 g/mol. The Morgan fingerprint density at radius 3 is 2.80 bits per heavy atom. The number of unbranched alkanes of at least 4 members (excludes halogenated alkanes) is 1. The number of carbonyl (C=O) groups is 1. The fraction of sp³-hybridized carbons (Fsp3) is 0.367. The molecule has 11 heteroatoms. The Hall–Kier alpha value is -4.07. The first-order valence-electron chi connectivity index (χ1n) is 13.8. The van der Waals surface area contributed by atoms with Crippen LogP contribution in [-0.2, 0) is 19.4 Å². The van der Waals surface area contributed by atoms with Crippen LogP contribution in [0.5, 0.6) is 0 Å². The smallest absolute Gasteiger partial charge is 0.272 e. The van der Waals surface area contributed by atoms with Gasteiger partial charge in [-0.05, 0) is 30.2 Å². The summed E-state index contributed by atoms with van der Waals surface area (Å²) in [5, 5.41) is 17.9. The van der Waals surface area contributed by atoms with Crippen molar-refractivity contribution in [2.75, 3.05) is 19.6 Å². The van der Waals surface area contributed by atoms with Crippen LogP contribution in [0.3, 0.4) is 0 Å². The molecule has 2 N–H and O–H groups in total. The standard InChI is InChI=1S/C30H31ClFN7O2/c1-2-3-8-27-34-26(28(31)35-27)18-38-13-14-39(20(17-38)11-12-33)30(41)23-15-19(9-10-24(23)32)16-25-21-6-4-5-7-22(21)29(40)37-36-25/h4-7,9-10,15,20H,2-3,8,11,13-14,16-18H2,1H3,(H,34,35)(H,37,40)/t20-/m1/s1. The van der Waals surface area contributed by atoms with E-state index >= 15 is 4.39 Å². The molecule has 5 rings (SSSR count). The normalized spacial score (nSPS) is 15.8. The molecule has 4 aromatic rings. The van der Waals surface area contributed by atoms with Crippen molar-refractivity contribution in [1.82, 2.24) is 30.0 Å². The molecule has 0 radical (unpaired) electrons. The Bertz CT molecular complexity index is 1660. The molecule has 0 unspecified atom stereocenters. The fourth-order valence-corrected chi connectivity index (χ4v) is 5.55. The van der Waals surface area contributed by atoms with Gasteiger partial charge in [0.2, 0.25) is 0 Å². The van der Waals surface area contributed by atoms with E-state index in [0.29, 0.717) is 59.8 Å². The molecule has 0 saturated carbocycles. The van der Waals surface area contributed by atoms with Crippen LogP contribution in [0.25, 0.3) is 10.8 Å². The number of aromatic amines is 2. The predicted octanol–water partition coefficient (Wildman–Crippen LogP) is 4.61. The number of nitrogens with one attached hydrogen (secondary N) is 2. The molecule has 1 atom stereocenters. The molecule has 1 saturated heterocycles. The summed E-state index contributed by atoms with van der Waals surface area (Å²) in [5.41, 5.74) is 1.79. The maximum atomic E-state index is 15.0. The first-order chi connectivity index (χ1) is 19.9. The Balaban J connectivity index is 1.33. The van der Waals surface area contributed by atoms with E-state index in [1.54, 1.807) is 23.1 Å². The third-order valence-corrected chi connectivity index (χ3v) is 7.80. The minimum Gasteiger partial charge on any atom is -0.344 e. The number of fused-ring (bicyclic) bond motifs is 1. The average Bonchev–Trinajstić information content (AvgIpc) is 3.33. The monoisotopic (exact) mass is 575 g/mol. The third kappa shape index (κ3) is 6.32. The molecular formula is C30H31ClFN7O2. The second-order valence-corrected chi connectivity index (χ2v) is 10.7. The lowest BCUT2D eigenvalue weighted by molar-refractivity contribution is 0.0441. The lowest BCUT2D eigenvalue weighted by Crippen LogP contribution is -2.54. The Morgan fingerprint density at radius 1 is 1.22 bits per heavy atom. The number of carbonyl (C=O) groups excluding carboxylic acids is 1. The van der Waals surface area contributed by atoms with Crippen molar-refractivity contribution in [3.8, 4) is 6.07 Å². The van der Waals surface area contributed by atoms with Crippen molar-refractivity contribution in [1.29, 1.82) is 5.26 Å². The number of aromatic nitrogens is 4. The van der Waals surface area contributed by atoms with Crippen molar-refractivity contribution in [2.24, 2.45) is 0 Å². The van der Waals surface area contributed by atoms with Crippen LogP contribution in [0.15, 0.2) is 47.3 Å². The number of benzene rings is 2. The maximum absolute atomic E-state index is 15.0. The van der Waals surface area contributed by atoms with E-state index in [9.17, 15) is 14.9 Å². The summed E-state index contributed by atoms with van der Waals surface area (Å²) in [7, 11) is 0. The topological polar surface area (TPSA) is 122 Å². The van der Waals surface area contributed by atoms with Crippen molar-refractivity contribution < 1.29 is 9.18 Å². The number of amides is 1. The van der Waals surface area contributed by atoms with Gasteiger partial charge in [0.15, 0.2) is 5.15 Å². The first-order valence-corrected chi connectivity index (χ1v) is 14.1. The molecule has 1 aliphatic rings. The van der Waals surface area contributed by atoms with Gasteiger partial charge < -0.3 is 9.88 Å². The summed E-state index contributed by atoms with van der Waals surface area (Å²) in [4.78, 5) is 37.3. The summed E-state index contributed by atoms with van der Waals surface area (Å²) in [6.07, 6.45) is 3.33. The van der Waals surface area contributed by atoms with Crippen molar-refractivity contribution >= 4 is 28.3 Å². The largest absolute Gasteiger partial charge is 0.344 e. The van der Waals surface area contributed by atoms with Gasteiger partial charge >= 0.3 is 0 Å². The zero-order chi connectivity index (χ0) is 28.9. The van der Waals surface area contributed by atoms with Crippen molar-refractivity contribution in [3.05, 3.63) is 92.1 Å². The molecule has 1 fully saturated rings. The Labute approximate surface area is 242 Å². The molecule has 0 aliphatic carbocycles. The minimum absolute atomic E-state index is 0.0511. The van der Waals surface area contributed by atoms with Gasteiger partial charge in [-0.2, -0.15) is 10.4 Å². The number of aryl methyl sites for hydroxylation is 1. The van der Waals surface area contributed by atoms with E-state index in [0.717, 1.165) is 30.8 Å². The highest BCUT2D eigenvalue weighted by molar-refractivity contribution is 6.30. The molecule has 9 nitrogen and oxygen atoms in total. The van der Waals surface area contributed by atoms with Gasteiger partial charge in [-0.3, -0.25) is 14.5 Å². The number of nitrogens with zero attached hydrogens (tertiary/aromatic N) is 5. The zero-order valence-electron chi connectivity index (χ0n) is 22.8. The molecule has 2 aromatic heterocycles. The van der Waals surface area contributed by atoms with Gasteiger partial charge in [-0.25, -0.2) is 14.5 Å². The number of hydrogen-bond acceptors (Lipinski definition) is 6.